The second-order valence-corrected chi connectivity index (χ2v) is 9.54. The number of pyridine rings is 2. The summed E-state index contributed by atoms with van der Waals surface area (Å²) in [4.78, 5) is 9.43. The van der Waals surface area contributed by atoms with Crippen LogP contribution in [0.4, 0.5) is 5.82 Å². The van der Waals surface area contributed by atoms with Crippen molar-refractivity contribution in [1.82, 2.24) is 30.6 Å². The summed E-state index contributed by atoms with van der Waals surface area (Å²) in [5.41, 5.74) is 11.2. The van der Waals surface area contributed by atoms with Crippen LogP contribution in [0, 0.1) is 11.8 Å². The van der Waals surface area contributed by atoms with Crippen molar-refractivity contribution in [2.45, 2.75) is 52.2 Å². The smallest absolute Gasteiger partial charge is 0.132 e. The topological polar surface area (TPSA) is 88.9 Å². The van der Waals surface area contributed by atoms with Gasteiger partial charge < -0.3 is 15.5 Å². The molecule has 0 amide bonds. The second-order valence-electron chi connectivity index (χ2n) is 9.54. The van der Waals surface area contributed by atoms with Crippen molar-refractivity contribution in [3.05, 3.63) is 60.5 Å². The van der Waals surface area contributed by atoms with Gasteiger partial charge in [-0.3, -0.25) is 15.1 Å². The van der Waals surface area contributed by atoms with Gasteiger partial charge in [0, 0.05) is 43.4 Å². The van der Waals surface area contributed by atoms with Crippen LogP contribution in [-0.4, -0.2) is 33.0 Å². The standard InChI is InChI=1S/C26H33N7O/c1-17(2)19-11-26(32-28-13-19)31-25-9-8-23-24(30-25)10-20(12-27-23)21-14-29-33(16-21)15-18-4-6-22(34-3)7-5-18/h8-14,16-18,22,28,32H,4-7,15H2,1-3H3,(H,30,31). The zero-order valence-corrected chi connectivity index (χ0v) is 20.1. The molecule has 3 N–H and O–H groups in total. The number of rotatable bonds is 7. The molecule has 0 spiro atoms. The van der Waals surface area contributed by atoms with Crippen LogP contribution >= 0.6 is 0 Å². The van der Waals surface area contributed by atoms with Crippen LogP contribution in [0.2, 0.25) is 0 Å². The van der Waals surface area contributed by atoms with Crippen LogP contribution in [0.5, 0.6) is 0 Å². The molecule has 1 aliphatic carbocycles. The van der Waals surface area contributed by atoms with E-state index in [1.807, 2.05) is 37.8 Å². The average Bonchev–Trinajstić information content (AvgIpc) is 3.33. The molecule has 3 aromatic heterocycles. The fraction of sp³-hybridized carbons (Fsp3) is 0.423. The Bertz CT molecular complexity index is 1200. The third-order valence-corrected chi connectivity index (χ3v) is 6.76. The van der Waals surface area contributed by atoms with Crippen molar-refractivity contribution in [3.63, 3.8) is 0 Å². The largest absolute Gasteiger partial charge is 0.381 e. The van der Waals surface area contributed by atoms with E-state index in [0.29, 0.717) is 17.9 Å². The van der Waals surface area contributed by atoms with Gasteiger partial charge in [0.05, 0.1) is 23.3 Å². The third-order valence-electron chi connectivity index (χ3n) is 6.76. The van der Waals surface area contributed by atoms with Gasteiger partial charge >= 0.3 is 0 Å². The van der Waals surface area contributed by atoms with E-state index in [1.54, 1.807) is 0 Å². The Morgan fingerprint density at radius 1 is 1.12 bits per heavy atom. The maximum Gasteiger partial charge on any atom is 0.132 e. The molecule has 0 aromatic carbocycles. The van der Waals surface area contributed by atoms with E-state index in [9.17, 15) is 0 Å². The Morgan fingerprint density at radius 3 is 2.76 bits per heavy atom. The Balaban J connectivity index is 1.30. The van der Waals surface area contributed by atoms with E-state index in [0.717, 1.165) is 53.2 Å². The highest BCUT2D eigenvalue weighted by Gasteiger charge is 2.21. The monoisotopic (exact) mass is 459 g/mol. The molecular formula is C26H33N7O. The summed E-state index contributed by atoms with van der Waals surface area (Å²) in [5, 5.41) is 7.98. The highest BCUT2D eigenvalue weighted by atomic mass is 16.5. The molecule has 2 aliphatic rings. The molecule has 5 rings (SSSR count). The number of methoxy groups -OCH3 is 1. The van der Waals surface area contributed by atoms with Crippen LogP contribution in [0.25, 0.3) is 22.2 Å². The van der Waals surface area contributed by atoms with Crippen LogP contribution in [0.3, 0.4) is 0 Å². The molecule has 1 saturated carbocycles. The SMILES string of the molecule is COC1CCC(Cn2cc(-c3cnc4ccc(NC5=CC(C(C)C)=CNN5)nc4c3)cn2)CC1. The number of hydrazine groups is 1. The lowest BCUT2D eigenvalue weighted by molar-refractivity contribution is 0.0536. The van der Waals surface area contributed by atoms with Gasteiger partial charge in [-0.15, -0.1) is 0 Å². The van der Waals surface area contributed by atoms with E-state index in [-0.39, 0.29) is 0 Å². The first kappa shape index (κ1) is 22.4. The second kappa shape index (κ2) is 9.85. The third kappa shape index (κ3) is 5.07. The van der Waals surface area contributed by atoms with Gasteiger partial charge in [-0.1, -0.05) is 13.8 Å². The van der Waals surface area contributed by atoms with Crippen molar-refractivity contribution in [3.8, 4) is 11.1 Å². The molecule has 0 bridgehead atoms. The Morgan fingerprint density at radius 2 is 1.97 bits per heavy atom. The number of fused-ring (bicyclic) bond motifs is 1. The zero-order valence-electron chi connectivity index (χ0n) is 20.1. The molecule has 0 radical (unpaired) electrons. The predicted octanol–water partition coefficient (Wildman–Crippen LogP) is 4.60. The lowest BCUT2D eigenvalue weighted by Gasteiger charge is -2.27. The normalized spacial score (nSPS) is 20.5. The highest BCUT2D eigenvalue weighted by Crippen LogP contribution is 2.28. The Kier molecular flexibility index (Phi) is 6.49. The van der Waals surface area contributed by atoms with Crippen molar-refractivity contribution < 1.29 is 4.74 Å². The van der Waals surface area contributed by atoms with Crippen LogP contribution < -0.4 is 16.2 Å². The van der Waals surface area contributed by atoms with Gasteiger partial charge in [-0.25, -0.2) is 4.98 Å². The molecule has 8 nitrogen and oxygen atoms in total. The lowest BCUT2D eigenvalue weighted by Crippen LogP contribution is -2.33. The summed E-state index contributed by atoms with van der Waals surface area (Å²) in [6.07, 6.45) is 15.1. The molecule has 8 heteroatoms. The van der Waals surface area contributed by atoms with Gasteiger partial charge in [-0.2, -0.15) is 5.10 Å². The minimum absolute atomic E-state index is 0.426. The zero-order chi connectivity index (χ0) is 23.5. The first-order valence-corrected chi connectivity index (χ1v) is 12.1. The van der Waals surface area contributed by atoms with Gasteiger partial charge in [0.25, 0.3) is 0 Å². The van der Waals surface area contributed by atoms with Crippen molar-refractivity contribution >= 4 is 16.9 Å². The summed E-state index contributed by atoms with van der Waals surface area (Å²) in [6, 6.07) is 6.02. The van der Waals surface area contributed by atoms with Gasteiger partial charge in [-0.05, 0) is 67.4 Å². The molecule has 4 heterocycles. The molecule has 1 fully saturated rings. The number of ether oxygens (including phenoxy) is 1. The highest BCUT2D eigenvalue weighted by molar-refractivity contribution is 5.81. The van der Waals surface area contributed by atoms with E-state index in [1.165, 1.54) is 18.4 Å². The molecular weight excluding hydrogens is 426 g/mol. The molecule has 34 heavy (non-hydrogen) atoms. The molecule has 3 aromatic rings. The van der Waals surface area contributed by atoms with E-state index < -0.39 is 0 Å². The van der Waals surface area contributed by atoms with Crippen molar-refractivity contribution in [1.29, 1.82) is 0 Å². The number of hydrogen-bond acceptors (Lipinski definition) is 7. The number of anilines is 1. The summed E-state index contributed by atoms with van der Waals surface area (Å²) in [6.45, 7) is 5.29. The molecule has 0 unspecified atom stereocenters. The summed E-state index contributed by atoms with van der Waals surface area (Å²) in [7, 11) is 1.82. The molecule has 0 atom stereocenters. The first-order valence-electron chi connectivity index (χ1n) is 12.1. The summed E-state index contributed by atoms with van der Waals surface area (Å²) >= 11 is 0. The van der Waals surface area contributed by atoms with Crippen molar-refractivity contribution in [2.75, 3.05) is 12.4 Å². The molecule has 178 valence electrons. The van der Waals surface area contributed by atoms with Gasteiger partial charge in [0.1, 0.15) is 11.6 Å². The minimum Gasteiger partial charge on any atom is -0.381 e. The van der Waals surface area contributed by atoms with Gasteiger partial charge in [0.2, 0.25) is 0 Å². The first-order chi connectivity index (χ1) is 16.6. The summed E-state index contributed by atoms with van der Waals surface area (Å²) < 4.78 is 7.57. The number of nitrogens with one attached hydrogen (secondary N) is 3. The Labute approximate surface area is 200 Å². The number of aromatic nitrogens is 4. The lowest BCUT2D eigenvalue weighted by atomic mass is 9.87. The van der Waals surface area contributed by atoms with Crippen molar-refractivity contribution in [2.24, 2.45) is 11.8 Å². The Hall–Kier alpha value is -3.39. The molecule has 0 saturated heterocycles. The molecule has 1 aliphatic heterocycles. The van der Waals surface area contributed by atoms with Crippen LogP contribution in [-0.2, 0) is 11.3 Å². The maximum absolute atomic E-state index is 5.50. The average molecular weight is 460 g/mol. The number of nitrogens with zero attached hydrogens (tertiary/aromatic N) is 4. The minimum atomic E-state index is 0.426. The number of hydrogen-bond donors (Lipinski definition) is 3. The predicted molar refractivity (Wildman–Crippen MR) is 134 cm³/mol. The van der Waals surface area contributed by atoms with E-state index >= 15 is 0 Å². The van der Waals surface area contributed by atoms with E-state index in [4.69, 9.17) is 9.72 Å². The van der Waals surface area contributed by atoms with Crippen LogP contribution in [0.15, 0.2) is 60.5 Å². The van der Waals surface area contributed by atoms with Gasteiger partial charge in [0.15, 0.2) is 0 Å². The van der Waals surface area contributed by atoms with Crippen LogP contribution in [0.1, 0.15) is 39.5 Å². The quantitative estimate of drug-likeness (QED) is 0.476. The number of allylic oxidation sites excluding steroid dienone is 2. The fourth-order valence-electron chi connectivity index (χ4n) is 4.64. The fourth-order valence-corrected chi connectivity index (χ4v) is 4.64. The maximum atomic E-state index is 5.50. The van der Waals surface area contributed by atoms with E-state index in [2.05, 4.69) is 63.1 Å². The summed E-state index contributed by atoms with van der Waals surface area (Å²) in [5.74, 6) is 2.72.